The first kappa shape index (κ1) is 16.8. The lowest BCUT2D eigenvalue weighted by Gasteiger charge is -2.53. The maximum absolute atomic E-state index is 5.86. The van der Waals surface area contributed by atoms with Crippen LogP contribution in [0.25, 0.3) is 0 Å². The number of ether oxygens (including phenoxy) is 4. The van der Waals surface area contributed by atoms with Gasteiger partial charge in [-0.2, -0.15) is 0 Å². The largest absolute Gasteiger partial charge is 0.369 e. The maximum Gasteiger partial charge on any atom is 0.313 e. The summed E-state index contributed by atoms with van der Waals surface area (Å²) in [6.07, 6.45) is 3.25. The van der Waals surface area contributed by atoms with Crippen LogP contribution in [0.4, 0.5) is 0 Å². The summed E-state index contributed by atoms with van der Waals surface area (Å²) in [5, 5.41) is 0. The zero-order chi connectivity index (χ0) is 14.4. The summed E-state index contributed by atoms with van der Waals surface area (Å²) in [5.41, 5.74) is 10.7. The second kappa shape index (κ2) is 7.52. The van der Waals surface area contributed by atoms with Crippen molar-refractivity contribution in [3.8, 4) is 0 Å². The van der Waals surface area contributed by atoms with Gasteiger partial charge in [-0.15, -0.1) is 0 Å². The lowest BCUT2D eigenvalue weighted by Crippen LogP contribution is -2.66. The fourth-order valence-electron chi connectivity index (χ4n) is 3.18. The summed E-state index contributed by atoms with van der Waals surface area (Å²) in [6, 6.07) is 0. The molecule has 1 saturated heterocycles. The quantitative estimate of drug-likeness (QED) is 0.625. The third-order valence-corrected chi connectivity index (χ3v) is 4.11. The van der Waals surface area contributed by atoms with Crippen LogP contribution in [0.15, 0.2) is 0 Å². The molecular weight excluding hydrogens is 248 g/mol. The molecule has 0 amide bonds. The van der Waals surface area contributed by atoms with E-state index in [0.29, 0.717) is 26.1 Å². The molecule has 6 nitrogen and oxygen atoms in total. The summed E-state index contributed by atoms with van der Waals surface area (Å²) < 4.78 is 22.8. The number of nitrogens with two attached hydrogens (primary N) is 2. The fraction of sp³-hybridized carbons (Fsp3) is 1.00. The average Bonchev–Trinajstić information content (AvgIpc) is 2.46. The summed E-state index contributed by atoms with van der Waals surface area (Å²) in [6.45, 7) is 1.76. The van der Waals surface area contributed by atoms with E-state index in [9.17, 15) is 0 Å². The van der Waals surface area contributed by atoms with E-state index in [-0.39, 0.29) is 5.92 Å². The molecule has 0 aliphatic carbocycles. The van der Waals surface area contributed by atoms with E-state index in [2.05, 4.69) is 0 Å². The Labute approximate surface area is 115 Å². The van der Waals surface area contributed by atoms with Crippen molar-refractivity contribution in [3.05, 3.63) is 0 Å². The summed E-state index contributed by atoms with van der Waals surface area (Å²) in [7, 11) is 4.82. The molecule has 0 spiro atoms. The van der Waals surface area contributed by atoms with Crippen LogP contribution in [0.5, 0.6) is 0 Å². The first-order valence-electron chi connectivity index (χ1n) is 6.86. The van der Waals surface area contributed by atoms with E-state index in [1.54, 1.807) is 21.3 Å². The predicted octanol–water partition coefficient (Wildman–Crippen LogP) is 0.442. The van der Waals surface area contributed by atoms with Crippen molar-refractivity contribution in [1.29, 1.82) is 0 Å². The summed E-state index contributed by atoms with van der Waals surface area (Å²) in [4.78, 5) is 0. The Kier molecular flexibility index (Phi) is 6.65. The van der Waals surface area contributed by atoms with Gasteiger partial charge in [-0.1, -0.05) is 0 Å². The zero-order valence-electron chi connectivity index (χ0n) is 12.3. The van der Waals surface area contributed by atoms with Crippen LogP contribution in [0, 0.1) is 5.92 Å². The molecule has 19 heavy (non-hydrogen) atoms. The Hall–Kier alpha value is -0.240. The van der Waals surface area contributed by atoms with Crippen molar-refractivity contribution in [2.45, 2.75) is 37.3 Å². The fourth-order valence-corrected chi connectivity index (χ4v) is 3.18. The van der Waals surface area contributed by atoms with Crippen molar-refractivity contribution >= 4 is 0 Å². The molecule has 0 saturated carbocycles. The molecule has 0 aromatic rings. The van der Waals surface area contributed by atoms with Crippen molar-refractivity contribution in [3.63, 3.8) is 0 Å². The topological polar surface area (TPSA) is 89.0 Å². The molecule has 1 aliphatic rings. The Balaban J connectivity index is 3.11. The normalized spacial score (nSPS) is 30.5. The molecule has 114 valence electrons. The van der Waals surface area contributed by atoms with Gasteiger partial charge >= 0.3 is 5.97 Å². The molecule has 6 heteroatoms. The van der Waals surface area contributed by atoms with Gasteiger partial charge in [0.15, 0.2) is 5.60 Å². The Morgan fingerprint density at radius 3 is 2.26 bits per heavy atom. The molecule has 1 heterocycles. The molecule has 0 aromatic heterocycles. The van der Waals surface area contributed by atoms with Crippen LogP contribution in [0.2, 0.25) is 0 Å². The van der Waals surface area contributed by atoms with Crippen molar-refractivity contribution in [2.24, 2.45) is 17.4 Å². The molecule has 4 N–H and O–H groups in total. The second-order valence-corrected chi connectivity index (χ2v) is 4.86. The highest BCUT2D eigenvalue weighted by Crippen LogP contribution is 2.47. The molecule has 1 aliphatic heterocycles. The standard InChI is InChI=1S/C13H28N2O4/c1-16-12(7-4-8-14)11(5-9-15)6-10-19-13(12,17-2)18-3/h11H,4-10,14-15H2,1-3H3. The van der Waals surface area contributed by atoms with E-state index in [1.165, 1.54) is 0 Å². The smallest absolute Gasteiger partial charge is 0.313 e. The lowest BCUT2D eigenvalue weighted by atomic mass is 9.75. The molecule has 0 bridgehead atoms. The number of hydrogen-bond donors (Lipinski definition) is 2. The molecule has 0 radical (unpaired) electrons. The monoisotopic (exact) mass is 276 g/mol. The molecule has 0 aromatic carbocycles. The highest BCUT2D eigenvalue weighted by molar-refractivity contribution is 4.99. The molecule has 2 atom stereocenters. The predicted molar refractivity (Wildman–Crippen MR) is 72.5 cm³/mol. The van der Waals surface area contributed by atoms with Gasteiger partial charge in [0.05, 0.1) is 6.61 Å². The highest BCUT2D eigenvalue weighted by atomic mass is 16.9. The van der Waals surface area contributed by atoms with Crippen LogP contribution in [0.1, 0.15) is 25.7 Å². The Bertz CT molecular complexity index is 259. The van der Waals surface area contributed by atoms with E-state index >= 15 is 0 Å². The minimum absolute atomic E-state index is 0.225. The Morgan fingerprint density at radius 1 is 1.11 bits per heavy atom. The molecule has 1 fully saturated rings. The van der Waals surface area contributed by atoms with Gasteiger partial charge in [0.1, 0.15) is 0 Å². The minimum Gasteiger partial charge on any atom is -0.369 e. The summed E-state index contributed by atoms with van der Waals surface area (Å²) >= 11 is 0. The zero-order valence-corrected chi connectivity index (χ0v) is 12.3. The van der Waals surface area contributed by atoms with Gasteiger partial charge in [-0.25, -0.2) is 0 Å². The van der Waals surface area contributed by atoms with Crippen LogP contribution < -0.4 is 11.5 Å². The number of methoxy groups -OCH3 is 3. The van der Waals surface area contributed by atoms with Crippen LogP contribution in [-0.2, 0) is 18.9 Å². The first-order chi connectivity index (χ1) is 9.16. The van der Waals surface area contributed by atoms with E-state index < -0.39 is 11.6 Å². The van der Waals surface area contributed by atoms with E-state index in [1.807, 2.05) is 0 Å². The van der Waals surface area contributed by atoms with Crippen LogP contribution >= 0.6 is 0 Å². The third-order valence-electron chi connectivity index (χ3n) is 4.11. The molecule has 2 unspecified atom stereocenters. The maximum atomic E-state index is 5.86. The second-order valence-electron chi connectivity index (χ2n) is 4.86. The SMILES string of the molecule is COC1(OC)OCCC(CCN)C1(CCCN)OC. The van der Waals surface area contributed by atoms with Gasteiger partial charge in [0.25, 0.3) is 0 Å². The third kappa shape index (κ3) is 2.94. The van der Waals surface area contributed by atoms with E-state index in [0.717, 1.165) is 19.3 Å². The minimum atomic E-state index is -1.19. The van der Waals surface area contributed by atoms with Gasteiger partial charge in [-0.05, 0) is 44.7 Å². The van der Waals surface area contributed by atoms with Crippen LogP contribution in [0.3, 0.4) is 0 Å². The average molecular weight is 276 g/mol. The van der Waals surface area contributed by atoms with Crippen molar-refractivity contribution in [2.75, 3.05) is 41.0 Å². The van der Waals surface area contributed by atoms with Crippen molar-refractivity contribution in [1.82, 2.24) is 0 Å². The highest BCUT2D eigenvalue weighted by Gasteiger charge is 2.61. The lowest BCUT2D eigenvalue weighted by molar-refractivity contribution is -0.456. The number of rotatable bonds is 8. The van der Waals surface area contributed by atoms with Gasteiger partial charge in [0.2, 0.25) is 0 Å². The molecular formula is C13H28N2O4. The van der Waals surface area contributed by atoms with Crippen molar-refractivity contribution < 1.29 is 18.9 Å². The molecule has 1 rings (SSSR count). The van der Waals surface area contributed by atoms with Gasteiger partial charge < -0.3 is 30.4 Å². The number of hydrogen-bond acceptors (Lipinski definition) is 6. The van der Waals surface area contributed by atoms with Gasteiger partial charge in [0, 0.05) is 21.3 Å². The Morgan fingerprint density at radius 2 is 1.79 bits per heavy atom. The van der Waals surface area contributed by atoms with Gasteiger partial charge in [-0.3, -0.25) is 0 Å². The van der Waals surface area contributed by atoms with E-state index in [4.69, 9.17) is 30.4 Å². The van der Waals surface area contributed by atoms with Crippen LogP contribution in [-0.4, -0.2) is 52.6 Å². The first-order valence-corrected chi connectivity index (χ1v) is 6.86. The summed E-state index contributed by atoms with van der Waals surface area (Å²) in [5.74, 6) is -0.961.